The van der Waals surface area contributed by atoms with E-state index in [1.165, 1.54) is 101 Å². The van der Waals surface area contributed by atoms with Crippen LogP contribution in [-0.4, -0.2) is 0 Å². The Morgan fingerprint density at radius 1 is 0.611 bits per heavy atom. The first-order valence-electron chi connectivity index (χ1n) is 15.5. The molecule has 1 heteroatoms. The van der Waals surface area contributed by atoms with Crippen LogP contribution in [0.3, 0.4) is 0 Å². The van der Waals surface area contributed by atoms with Crippen LogP contribution in [0, 0.1) is 23.6 Å². The zero-order valence-corrected chi connectivity index (χ0v) is 23.0. The average Bonchev–Trinajstić information content (AvgIpc) is 2.94. The number of hydrogen-bond donors (Lipinski definition) is 0. The summed E-state index contributed by atoms with van der Waals surface area (Å²) in [7, 11) is 0. The third-order valence-corrected chi connectivity index (χ3v) is 10.5. The predicted molar refractivity (Wildman–Crippen MR) is 151 cm³/mol. The predicted octanol–water partition coefficient (Wildman–Crippen LogP) is 10.7. The molecular formula is C35H49F. The van der Waals surface area contributed by atoms with Gasteiger partial charge < -0.3 is 0 Å². The Morgan fingerprint density at radius 2 is 1.14 bits per heavy atom. The van der Waals surface area contributed by atoms with Crippen LogP contribution in [0.1, 0.15) is 144 Å². The SMILES string of the molecule is CCCC1CCC(c2ccc(C3CCC(C4CCC(c5ccc(CC)cc5)CC4)CC3)c(F)c2)CC1. The first-order valence-corrected chi connectivity index (χ1v) is 15.5. The summed E-state index contributed by atoms with van der Waals surface area (Å²) in [6, 6.07) is 15.8. The summed E-state index contributed by atoms with van der Waals surface area (Å²) in [5, 5.41) is 0. The molecule has 0 saturated heterocycles. The van der Waals surface area contributed by atoms with E-state index in [9.17, 15) is 0 Å². The van der Waals surface area contributed by atoms with E-state index in [2.05, 4.69) is 50.2 Å². The van der Waals surface area contributed by atoms with Crippen molar-refractivity contribution in [1.82, 2.24) is 0 Å². The highest BCUT2D eigenvalue weighted by Crippen LogP contribution is 2.46. The molecular weight excluding hydrogens is 439 g/mol. The number of rotatable bonds is 7. The normalized spacial score (nSPS) is 31.3. The van der Waals surface area contributed by atoms with Gasteiger partial charge >= 0.3 is 0 Å². The molecule has 3 saturated carbocycles. The fraction of sp³-hybridized carbons (Fsp3) is 0.657. The van der Waals surface area contributed by atoms with Crippen LogP contribution >= 0.6 is 0 Å². The lowest BCUT2D eigenvalue weighted by molar-refractivity contribution is 0.176. The summed E-state index contributed by atoms with van der Waals surface area (Å²) >= 11 is 0. The summed E-state index contributed by atoms with van der Waals surface area (Å²) in [6.45, 7) is 4.53. The highest BCUT2D eigenvalue weighted by Gasteiger charge is 2.32. The van der Waals surface area contributed by atoms with E-state index in [0.29, 0.717) is 11.8 Å². The Balaban J connectivity index is 1.10. The Labute approximate surface area is 220 Å². The van der Waals surface area contributed by atoms with Crippen LogP contribution in [0.5, 0.6) is 0 Å². The molecule has 0 N–H and O–H groups in total. The summed E-state index contributed by atoms with van der Waals surface area (Å²) in [6.07, 6.45) is 19.4. The number of benzene rings is 2. The largest absolute Gasteiger partial charge is 0.207 e. The lowest BCUT2D eigenvalue weighted by Crippen LogP contribution is -2.25. The summed E-state index contributed by atoms with van der Waals surface area (Å²) < 4.78 is 15.3. The second-order valence-corrected chi connectivity index (χ2v) is 12.6. The summed E-state index contributed by atoms with van der Waals surface area (Å²) in [5.41, 5.74) is 5.28. The molecule has 36 heavy (non-hydrogen) atoms. The summed E-state index contributed by atoms with van der Waals surface area (Å²) in [4.78, 5) is 0. The van der Waals surface area contributed by atoms with Crippen molar-refractivity contribution in [1.29, 1.82) is 0 Å². The van der Waals surface area contributed by atoms with Crippen LogP contribution in [0.15, 0.2) is 42.5 Å². The number of hydrogen-bond acceptors (Lipinski definition) is 0. The third-order valence-electron chi connectivity index (χ3n) is 10.5. The van der Waals surface area contributed by atoms with Crippen LogP contribution in [0.4, 0.5) is 4.39 Å². The molecule has 0 aliphatic heterocycles. The molecule has 2 aromatic carbocycles. The average molecular weight is 489 g/mol. The van der Waals surface area contributed by atoms with Crippen molar-refractivity contribution in [2.24, 2.45) is 17.8 Å². The Kier molecular flexibility index (Phi) is 8.86. The molecule has 196 valence electrons. The molecule has 0 spiro atoms. The molecule has 0 unspecified atom stereocenters. The second-order valence-electron chi connectivity index (χ2n) is 12.6. The molecule has 0 atom stereocenters. The molecule has 3 fully saturated rings. The van der Waals surface area contributed by atoms with Gasteiger partial charge in [0.15, 0.2) is 0 Å². The molecule has 0 bridgehead atoms. The van der Waals surface area contributed by atoms with E-state index in [0.717, 1.165) is 35.7 Å². The first kappa shape index (κ1) is 26.0. The van der Waals surface area contributed by atoms with E-state index in [4.69, 9.17) is 0 Å². The third kappa shape index (κ3) is 6.08. The smallest absolute Gasteiger partial charge is 0.126 e. The van der Waals surface area contributed by atoms with Crippen molar-refractivity contribution in [2.75, 3.05) is 0 Å². The van der Waals surface area contributed by atoms with E-state index in [1.807, 2.05) is 6.07 Å². The minimum atomic E-state index is 0.0845. The quantitative estimate of drug-likeness (QED) is 0.363. The van der Waals surface area contributed by atoms with Crippen molar-refractivity contribution >= 4 is 0 Å². The molecule has 3 aliphatic carbocycles. The highest BCUT2D eigenvalue weighted by atomic mass is 19.1. The summed E-state index contributed by atoms with van der Waals surface area (Å²) in [5.74, 6) is 4.53. The van der Waals surface area contributed by atoms with E-state index in [1.54, 1.807) is 5.56 Å². The molecule has 0 aromatic heterocycles. The van der Waals surface area contributed by atoms with E-state index < -0.39 is 0 Å². The maximum atomic E-state index is 15.3. The van der Waals surface area contributed by atoms with Crippen molar-refractivity contribution in [3.8, 4) is 0 Å². The van der Waals surface area contributed by atoms with Crippen molar-refractivity contribution in [3.05, 3.63) is 70.5 Å². The molecule has 0 nitrogen and oxygen atoms in total. The molecule has 0 amide bonds. The van der Waals surface area contributed by atoms with Gasteiger partial charge in [0.1, 0.15) is 5.82 Å². The molecule has 0 radical (unpaired) electrons. The van der Waals surface area contributed by atoms with Gasteiger partial charge in [-0.3, -0.25) is 0 Å². The van der Waals surface area contributed by atoms with Gasteiger partial charge in [0.25, 0.3) is 0 Å². The van der Waals surface area contributed by atoms with Crippen LogP contribution < -0.4 is 0 Å². The monoisotopic (exact) mass is 488 g/mol. The number of halogens is 1. The van der Waals surface area contributed by atoms with Crippen molar-refractivity contribution in [2.45, 2.75) is 128 Å². The van der Waals surface area contributed by atoms with Crippen molar-refractivity contribution in [3.63, 3.8) is 0 Å². The van der Waals surface area contributed by atoms with Gasteiger partial charge in [-0.2, -0.15) is 0 Å². The van der Waals surface area contributed by atoms with Crippen LogP contribution in [-0.2, 0) is 6.42 Å². The van der Waals surface area contributed by atoms with Gasteiger partial charge in [-0.15, -0.1) is 0 Å². The topological polar surface area (TPSA) is 0 Å². The van der Waals surface area contributed by atoms with Gasteiger partial charge in [-0.05, 0) is 147 Å². The maximum Gasteiger partial charge on any atom is 0.126 e. The van der Waals surface area contributed by atoms with Gasteiger partial charge in [0, 0.05) is 0 Å². The fourth-order valence-electron chi connectivity index (χ4n) is 8.17. The molecule has 2 aromatic rings. The Hall–Kier alpha value is -1.63. The minimum absolute atomic E-state index is 0.0845. The fourth-order valence-corrected chi connectivity index (χ4v) is 8.17. The standard InChI is InChI=1S/C35H49F/c1-3-5-26-8-12-31(13-9-26)33-22-23-34(35(36)24-33)32-20-18-30(19-21-32)29-16-14-28(15-17-29)27-10-6-25(4-2)7-11-27/h6-7,10-11,22-24,26,28-32H,3-5,8-9,12-21H2,1-2H3. The van der Waals surface area contributed by atoms with Crippen LogP contribution in [0.2, 0.25) is 0 Å². The van der Waals surface area contributed by atoms with Crippen LogP contribution in [0.25, 0.3) is 0 Å². The second kappa shape index (κ2) is 12.3. The van der Waals surface area contributed by atoms with Gasteiger partial charge in [-0.1, -0.05) is 63.1 Å². The van der Waals surface area contributed by atoms with Gasteiger partial charge in [0.05, 0.1) is 0 Å². The van der Waals surface area contributed by atoms with Gasteiger partial charge in [0.2, 0.25) is 0 Å². The number of aryl methyl sites for hydroxylation is 1. The highest BCUT2D eigenvalue weighted by molar-refractivity contribution is 5.30. The molecule has 3 aliphatic rings. The minimum Gasteiger partial charge on any atom is -0.207 e. The maximum absolute atomic E-state index is 15.3. The lowest BCUT2D eigenvalue weighted by Gasteiger charge is -2.38. The van der Waals surface area contributed by atoms with E-state index in [-0.39, 0.29) is 5.82 Å². The molecule has 0 heterocycles. The zero-order chi connectivity index (χ0) is 24.9. The zero-order valence-electron chi connectivity index (χ0n) is 23.0. The lowest BCUT2D eigenvalue weighted by atomic mass is 9.67. The van der Waals surface area contributed by atoms with Gasteiger partial charge in [-0.25, -0.2) is 4.39 Å². The Morgan fingerprint density at radius 3 is 1.69 bits per heavy atom. The van der Waals surface area contributed by atoms with E-state index >= 15 is 4.39 Å². The van der Waals surface area contributed by atoms with Crippen molar-refractivity contribution < 1.29 is 4.39 Å². The first-order chi connectivity index (χ1) is 17.6. The molecule has 5 rings (SSSR count). The Bertz CT molecular complexity index is 935.